The maximum absolute atomic E-state index is 12.4. The van der Waals surface area contributed by atoms with Crippen molar-refractivity contribution in [3.05, 3.63) is 23.9 Å². The predicted octanol–water partition coefficient (Wildman–Crippen LogP) is 0.716. The van der Waals surface area contributed by atoms with Crippen molar-refractivity contribution in [2.24, 2.45) is 5.92 Å². The second kappa shape index (κ2) is 5.35. The van der Waals surface area contributed by atoms with Gasteiger partial charge in [0, 0.05) is 6.07 Å². The maximum atomic E-state index is 12.4. The number of methoxy groups -OCH3 is 1. The summed E-state index contributed by atoms with van der Waals surface area (Å²) in [6.45, 7) is 2.06. The molecule has 1 aliphatic heterocycles. The minimum atomic E-state index is -0.474. The van der Waals surface area contributed by atoms with Crippen molar-refractivity contribution in [1.82, 2.24) is 15.2 Å². The number of nitrogens with one attached hydrogen (secondary N) is 1. The van der Waals surface area contributed by atoms with E-state index in [-0.39, 0.29) is 23.8 Å². The Morgan fingerprint density at radius 3 is 2.81 bits per heavy atom. The van der Waals surface area contributed by atoms with Crippen LogP contribution in [-0.2, 0) is 16.1 Å². The van der Waals surface area contributed by atoms with Crippen LogP contribution >= 0.6 is 0 Å². The standard InChI is InChI=1S/C15H19N3O3/c1-9-15(20)18(13(10-6-7-10)14(19)16-9)8-11-4-3-5-12(17-11)21-2/h3-5,9-10,13H,6-8H2,1-2H3,(H,16,19). The van der Waals surface area contributed by atoms with Gasteiger partial charge in [-0.1, -0.05) is 6.07 Å². The zero-order chi connectivity index (χ0) is 15.0. The molecule has 2 amide bonds. The minimum absolute atomic E-state index is 0.0453. The molecule has 2 fully saturated rings. The van der Waals surface area contributed by atoms with Crippen molar-refractivity contribution in [3.63, 3.8) is 0 Å². The van der Waals surface area contributed by atoms with Crippen molar-refractivity contribution in [3.8, 4) is 5.88 Å². The molecule has 1 saturated heterocycles. The van der Waals surface area contributed by atoms with Crippen molar-refractivity contribution in [1.29, 1.82) is 0 Å². The van der Waals surface area contributed by atoms with E-state index in [1.807, 2.05) is 12.1 Å². The van der Waals surface area contributed by atoms with Gasteiger partial charge in [-0.05, 0) is 31.7 Å². The molecule has 2 unspecified atom stereocenters. The number of carbonyl (C=O) groups is 2. The number of hydrogen-bond donors (Lipinski definition) is 1. The molecule has 112 valence electrons. The van der Waals surface area contributed by atoms with Crippen molar-refractivity contribution in [2.45, 2.75) is 38.4 Å². The molecule has 0 bridgehead atoms. The number of hydrogen-bond acceptors (Lipinski definition) is 4. The average Bonchev–Trinajstić information content (AvgIpc) is 3.29. The molecule has 2 heterocycles. The smallest absolute Gasteiger partial charge is 0.245 e. The number of piperazine rings is 1. The third kappa shape index (κ3) is 2.70. The zero-order valence-corrected chi connectivity index (χ0v) is 12.2. The van der Waals surface area contributed by atoms with Crippen molar-refractivity contribution < 1.29 is 14.3 Å². The maximum Gasteiger partial charge on any atom is 0.245 e. The molecule has 1 aromatic rings. The van der Waals surface area contributed by atoms with Crippen LogP contribution in [0.3, 0.4) is 0 Å². The molecule has 2 aliphatic rings. The molecule has 6 nitrogen and oxygen atoms in total. The van der Waals surface area contributed by atoms with Gasteiger partial charge in [-0.25, -0.2) is 4.98 Å². The Kier molecular flexibility index (Phi) is 3.53. The molecule has 3 rings (SSSR count). The zero-order valence-electron chi connectivity index (χ0n) is 12.2. The van der Waals surface area contributed by atoms with E-state index in [0.29, 0.717) is 12.4 Å². The summed E-state index contributed by atoms with van der Waals surface area (Å²) in [6.07, 6.45) is 2.00. The third-order valence-corrected chi connectivity index (χ3v) is 4.01. The average molecular weight is 289 g/mol. The van der Waals surface area contributed by atoms with Gasteiger partial charge in [0.05, 0.1) is 19.3 Å². The topological polar surface area (TPSA) is 71.5 Å². The lowest BCUT2D eigenvalue weighted by Gasteiger charge is -2.38. The number of rotatable bonds is 4. The Balaban J connectivity index is 1.85. The molecule has 1 saturated carbocycles. The van der Waals surface area contributed by atoms with Crippen LogP contribution in [0.5, 0.6) is 5.88 Å². The summed E-state index contributed by atoms with van der Waals surface area (Å²) < 4.78 is 5.11. The van der Waals surface area contributed by atoms with E-state index in [9.17, 15) is 9.59 Å². The number of nitrogens with zero attached hydrogens (tertiary/aromatic N) is 2. The second-order valence-corrected chi connectivity index (χ2v) is 5.65. The summed E-state index contributed by atoms with van der Waals surface area (Å²) in [7, 11) is 1.56. The Hall–Kier alpha value is -2.11. The van der Waals surface area contributed by atoms with Gasteiger partial charge in [0.1, 0.15) is 12.1 Å². The molecule has 0 aromatic carbocycles. The Bertz CT molecular complexity index is 571. The number of carbonyl (C=O) groups excluding carboxylic acids is 2. The number of amides is 2. The first-order valence-corrected chi connectivity index (χ1v) is 7.21. The van der Waals surface area contributed by atoms with Crippen molar-refractivity contribution in [2.75, 3.05) is 7.11 Å². The van der Waals surface area contributed by atoms with Gasteiger partial charge in [-0.3, -0.25) is 9.59 Å². The first-order chi connectivity index (χ1) is 10.1. The first-order valence-electron chi connectivity index (χ1n) is 7.21. The molecule has 0 radical (unpaired) electrons. The van der Waals surface area contributed by atoms with E-state index in [1.54, 1.807) is 25.0 Å². The fourth-order valence-corrected chi connectivity index (χ4v) is 2.78. The molecule has 21 heavy (non-hydrogen) atoms. The van der Waals surface area contributed by atoms with Crippen LogP contribution in [0.15, 0.2) is 18.2 Å². The van der Waals surface area contributed by atoms with Crippen LogP contribution in [0.1, 0.15) is 25.5 Å². The SMILES string of the molecule is COc1cccc(CN2C(=O)C(C)NC(=O)C2C2CC2)n1. The van der Waals surface area contributed by atoms with E-state index in [1.165, 1.54) is 0 Å². The molecule has 1 aromatic heterocycles. The summed E-state index contributed by atoms with van der Waals surface area (Å²) in [5.41, 5.74) is 0.732. The lowest BCUT2D eigenvalue weighted by molar-refractivity contribution is -0.150. The van der Waals surface area contributed by atoms with Gasteiger partial charge in [-0.15, -0.1) is 0 Å². The highest BCUT2D eigenvalue weighted by molar-refractivity contribution is 5.97. The Labute approximate surface area is 123 Å². The van der Waals surface area contributed by atoms with Crippen LogP contribution in [0, 0.1) is 5.92 Å². The molecule has 6 heteroatoms. The van der Waals surface area contributed by atoms with Crippen LogP contribution < -0.4 is 10.1 Å². The van der Waals surface area contributed by atoms with Gasteiger partial charge in [0.15, 0.2) is 0 Å². The highest BCUT2D eigenvalue weighted by Gasteiger charge is 2.46. The van der Waals surface area contributed by atoms with E-state index in [2.05, 4.69) is 10.3 Å². The van der Waals surface area contributed by atoms with Crippen molar-refractivity contribution >= 4 is 11.8 Å². The normalized spacial score (nSPS) is 25.7. The van der Waals surface area contributed by atoms with Gasteiger partial charge in [0.2, 0.25) is 17.7 Å². The molecular formula is C15H19N3O3. The van der Waals surface area contributed by atoms with Gasteiger partial charge < -0.3 is 15.0 Å². The highest BCUT2D eigenvalue weighted by Crippen LogP contribution is 2.37. The summed E-state index contributed by atoms with van der Waals surface area (Å²) in [5, 5.41) is 2.76. The minimum Gasteiger partial charge on any atom is -0.481 e. The molecule has 1 N–H and O–H groups in total. The van der Waals surface area contributed by atoms with Crippen LogP contribution in [0.4, 0.5) is 0 Å². The predicted molar refractivity (Wildman–Crippen MR) is 75.5 cm³/mol. The van der Waals surface area contributed by atoms with Crippen LogP contribution in [-0.4, -0.2) is 40.9 Å². The van der Waals surface area contributed by atoms with E-state index in [4.69, 9.17) is 4.74 Å². The van der Waals surface area contributed by atoms with Gasteiger partial charge in [0.25, 0.3) is 0 Å². The van der Waals surface area contributed by atoms with E-state index < -0.39 is 6.04 Å². The lowest BCUT2D eigenvalue weighted by Crippen LogP contribution is -2.62. The summed E-state index contributed by atoms with van der Waals surface area (Å²) in [5.74, 6) is 0.702. The molecular weight excluding hydrogens is 270 g/mol. The number of aromatic nitrogens is 1. The fourth-order valence-electron chi connectivity index (χ4n) is 2.78. The lowest BCUT2D eigenvalue weighted by atomic mass is 10.0. The highest BCUT2D eigenvalue weighted by atomic mass is 16.5. The number of ether oxygens (including phenoxy) is 1. The Morgan fingerprint density at radius 2 is 2.14 bits per heavy atom. The quantitative estimate of drug-likeness (QED) is 0.886. The van der Waals surface area contributed by atoms with Crippen LogP contribution in [0.2, 0.25) is 0 Å². The van der Waals surface area contributed by atoms with E-state index >= 15 is 0 Å². The molecule has 0 spiro atoms. The monoisotopic (exact) mass is 289 g/mol. The summed E-state index contributed by atoms with van der Waals surface area (Å²) in [6, 6.07) is 4.61. The molecule has 2 atom stereocenters. The molecule has 1 aliphatic carbocycles. The van der Waals surface area contributed by atoms with Crippen LogP contribution in [0.25, 0.3) is 0 Å². The van der Waals surface area contributed by atoms with Gasteiger partial charge in [-0.2, -0.15) is 0 Å². The Morgan fingerprint density at radius 1 is 1.38 bits per heavy atom. The first kappa shape index (κ1) is 13.9. The van der Waals surface area contributed by atoms with Gasteiger partial charge >= 0.3 is 0 Å². The number of pyridine rings is 1. The van der Waals surface area contributed by atoms with E-state index in [0.717, 1.165) is 18.5 Å². The largest absolute Gasteiger partial charge is 0.481 e. The second-order valence-electron chi connectivity index (χ2n) is 5.65. The summed E-state index contributed by atoms with van der Waals surface area (Å²) in [4.78, 5) is 30.6. The summed E-state index contributed by atoms with van der Waals surface area (Å²) >= 11 is 0. The third-order valence-electron chi connectivity index (χ3n) is 4.01. The fraction of sp³-hybridized carbons (Fsp3) is 0.533.